The molecular weight excluding hydrogens is 248 g/mol. The summed E-state index contributed by atoms with van der Waals surface area (Å²) in [5.74, 6) is 1.35. The minimum Gasteiger partial charge on any atom is -0.480 e. The molecule has 0 spiro atoms. The highest BCUT2D eigenvalue weighted by molar-refractivity contribution is 5.90. The van der Waals surface area contributed by atoms with Crippen LogP contribution in [0.25, 0.3) is 0 Å². The zero-order chi connectivity index (χ0) is 14.0. The third kappa shape index (κ3) is 2.93. The van der Waals surface area contributed by atoms with Crippen molar-refractivity contribution in [1.82, 2.24) is 14.9 Å². The van der Waals surface area contributed by atoms with Crippen molar-refractivity contribution < 1.29 is 14.1 Å². The Morgan fingerprint density at radius 2 is 2.21 bits per heavy atom. The lowest BCUT2D eigenvalue weighted by atomic mass is 10.3. The molecule has 0 aromatic carbocycles. The molecule has 0 aliphatic heterocycles. The number of rotatable bonds is 4. The summed E-state index contributed by atoms with van der Waals surface area (Å²) in [6, 6.07) is 1.64. The minimum atomic E-state index is -0.295. The maximum Gasteiger partial charge on any atom is 0.263 e. The number of amides is 1. The van der Waals surface area contributed by atoms with Gasteiger partial charge < -0.3 is 14.6 Å². The van der Waals surface area contributed by atoms with Crippen LogP contribution in [0.15, 0.2) is 10.6 Å². The second-order valence-corrected chi connectivity index (χ2v) is 4.28. The van der Waals surface area contributed by atoms with E-state index in [2.05, 4.69) is 15.6 Å². The normalized spacial score (nSPS) is 10.5. The fraction of sp³-hybridized carbons (Fsp3) is 0.417. The summed E-state index contributed by atoms with van der Waals surface area (Å²) < 4.78 is 12.0. The molecule has 0 saturated heterocycles. The van der Waals surface area contributed by atoms with Gasteiger partial charge in [0, 0.05) is 13.1 Å². The molecule has 0 aliphatic carbocycles. The third-order valence-corrected chi connectivity index (χ3v) is 2.69. The first-order chi connectivity index (χ1) is 8.97. The van der Waals surface area contributed by atoms with Crippen molar-refractivity contribution in [3.05, 3.63) is 23.2 Å². The first-order valence-corrected chi connectivity index (χ1v) is 5.83. The molecule has 0 bridgehead atoms. The Hall–Kier alpha value is -2.31. The number of hydrogen-bond acceptors (Lipinski definition) is 5. The molecule has 0 atom stereocenters. The third-order valence-electron chi connectivity index (χ3n) is 2.69. The second-order valence-electron chi connectivity index (χ2n) is 4.28. The Morgan fingerprint density at radius 1 is 1.47 bits per heavy atom. The average Bonchev–Trinajstić information content (AvgIpc) is 2.83. The number of hydrogen-bond donors (Lipinski definition) is 1. The fourth-order valence-electron chi connectivity index (χ4n) is 1.71. The van der Waals surface area contributed by atoms with E-state index in [0.29, 0.717) is 17.3 Å². The fourth-order valence-corrected chi connectivity index (χ4v) is 1.71. The van der Waals surface area contributed by atoms with Gasteiger partial charge in [-0.2, -0.15) is 5.10 Å². The van der Waals surface area contributed by atoms with Crippen LogP contribution in [0.5, 0.6) is 5.75 Å². The standard InChI is InChI=1S/C12H16N4O3/c1-7-5-10(15-19-7)13-11(17)6-18-12-8(2)14-16(4)9(12)3/h5H,6H2,1-4H3,(H,13,15,17). The van der Waals surface area contributed by atoms with Crippen LogP contribution in [0.2, 0.25) is 0 Å². The Bertz CT molecular complexity index is 600. The number of carbonyl (C=O) groups excluding carboxylic acids is 1. The van der Waals surface area contributed by atoms with Gasteiger partial charge in [-0.25, -0.2) is 0 Å². The molecule has 2 aromatic rings. The first-order valence-electron chi connectivity index (χ1n) is 5.83. The van der Waals surface area contributed by atoms with Crippen molar-refractivity contribution in [2.24, 2.45) is 7.05 Å². The number of ether oxygens (including phenoxy) is 1. The van der Waals surface area contributed by atoms with E-state index >= 15 is 0 Å². The van der Waals surface area contributed by atoms with Gasteiger partial charge in [0.25, 0.3) is 5.91 Å². The summed E-state index contributed by atoms with van der Waals surface area (Å²) in [5.41, 5.74) is 1.63. The summed E-state index contributed by atoms with van der Waals surface area (Å²) in [7, 11) is 1.83. The Kier molecular flexibility index (Phi) is 3.55. The van der Waals surface area contributed by atoms with Gasteiger partial charge in [-0.3, -0.25) is 9.48 Å². The van der Waals surface area contributed by atoms with Crippen LogP contribution in [0.3, 0.4) is 0 Å². The lowest BCUT2D eigenvalue weighted by Crippen LogP contribution is -2.20. The Balaban J connectivity index is 1.93. The van der Waals surface area contributed by atoms with Crippen LogP contribution < -0.4 is 10.1 Å². The topological polar surface area (TPSA) is 82.2 Å². The summed E-state index contributed by atoms with van der Waals surface area (Å²) in [5, 5.41) is 10.5. The van der Waals surface area contributed by atoms with Gasteiger partial charge in [-0.1, -0.05) is 5.16 Å². The van der Waals surface area contributed by atoms with E-state index in [1.165, 1.54) is 0 Å². The summed E-state index contributed by atoms with van der Waals surface area (Å²) in [4.78, 5) is 11.7. The summed E-state index contributed by atoms with van der Waals surface area (Å²) in [6.07, 6.45) is 0. The van der Waals surface area contributed by atoms with Gasteiger partial charge in [-0.05, 0) is 20.8 Å². The van der Waals surface area contributed by atoms with Gasteiger partial charge in [0.2, 0.25) is 0 Å². The van der Waals surface area contributed by atoms with Crippen LogP contribution in [0.1, 0.15) is 17.1 Å². The number of anilines is 1. The monoisotopic (exact) mass is 264 g/mol. The Labute approximate surface area is 110 Å². The lowest BCUT2D eigenvalue weighted by Gasteiger charge is -2.05. The van der Waals surface area contributed by atoms with Crippen molar-refractivity contribution in [3.8, 4) is 5.75 Å². The zero-order valence-corrected chi connectivity index (χ0v) is 11.4. The van der Waals surface area contributed by atoms with Crippen LogP contribution >= 0.6 is 0 Å². The van der Waals surface area contributed by atoms with Crippen molar-refractivity contribution in [1.29, 1.82) is 0 Å². The predicted octanol–water partition coefficient (Wildman–Crippen LogP) is 1.35. The molecule has 0 unspecified atom stereocenters. The molecule has 0 aliphatic rings. The van der Waals surface area contributed by atoms with Gasteiger partial charge in [0.05, 0.1) is 5.69 Å². The molecule has 0 radical (unpaired) electrons. The van der Waals surface area contributed by atoms with Crippen molar-refractivity contribution >= 4 is 11.7 Å². The van der Waals surface area contributed by atoms with E-state index in [1.54, 1.807) is 17.7 Å². The molecule has 2 heterocycles. The van der Waals surface area contributed by atoms with Crippen LogP contribution in [-0.4, -0.2) is 27.5 Å². The highest BCUT2D eigenvalue weighted by Crippen LogP contribution is 2.21. The van der Waals surface area contributed by atoms with Crippen molar-refractivity contribution in [2.75, 3.05) is 11.9 Å². The first kappa shape index (κ1) is 13.1. The smallest absolute Gasteiger partial charge is 0.263 e. The average molecular weight is 264 g/mol. The lowest BCUT2D eigenvalue weighted by molar-refractivity contribution is -0.118. The molecule has 1 amide bonds. The molecule has 102 valence electrons. The maximum atomic E-state index is 11.7. The molecule has 2 rings (SSSR count). The van der Waals surface area contributed by atoms with Crippen molar-refractivity contribution in [3.63, 3.8) is 0 Å². The highest BCUT2D eigenvalue weighted by Gasteiger charge is 2.13. The van der Waals surface area contributed by atoms with Gasteiger partial charge in [-0.15, -0.1) is 0 Å². The van der Waals surface area contributed by atoms with E-state index in [0.717, 1.165) is 11.4 Å². The number of carbonyl (C=O) groups is 1. The summed E-state index contributed by atoms with van der Waals surface area (Å²) in [6.45, 7) is 5.37. The Morgan fingerprint density at radius 3 is 2.74 bits per heavy atom. The van der Waals surface area contributed by atoms with Gasteiger partial charge in [0.1, 0.15) is 11.5 Å². The molecule has 7 nitrogen and oxygen atoms in total. The summed E-state index contributed by atoms with van der Waals surface area (Å²) >= 11 is 0. The molecule has 0 saturated carbocycles. The van der Waals surface area contributed by atoms with E-state index in [1.807, 2.05) is 20.9 Å². The number of aryl methyl sites for hydroxylation is 3. The predicted molar refractivity (Wildman–Crippen MR) is 68.0 cm³/mol. The van der Waals surface area contributed by atoms with E-state index in [9.17, 15) is 4.79 Å². The van der Waals surface area contributed by atoms with E-state index < -0.39 is 0 Å². The van der Waals surface area contributed by atoms with Crippen LogP contribution in [0, 0.1) is 20.8 Å². The van der Waals surface area contributed by atoms with E-state index in [4.69, 9.17) is 9.26 Å². The molecular formula is C12H16N4O3. The number of nitrogens with zero attached hydrogens (tertiary/aromatic N) is 3. The van der Waals surface area contributed by atoms with Crippen molar-refractivity contribution in [2.45, 2.75) is 20.8 Å². The SMILES string of the molecule is Cc1cc(NC(=O)COc2c(C)nn(C)c2C)no1. The maximum absolute atomic E-state index is 11.7. The van der Waals surface area contributed by atoms with Gasteiger partial charge >= 0.3 is 0 Å². The van der Waals surface area contributed by atoms with E-state index in [-0.39, 0.29) is 12.5 Å². The highest BCUT2D eigenvalue weighted by atomic mass is 16.5. The molecule has 0 fully saturated rings. The number of aromatic nitrogens is 3. The number of nitrogens with one attached hydrogen (secondary N) is 1. The van der Waals surface area contributed by atoms with Crippen LogP contribution in [-0.2, 0) is 11.8 Å². The van der Waals surface area contributed by atoms with Crippen LogP contribution in [0.4, 0.5) is 5.82 Å². The molecule has 7 heteroatoms. The molecule has 2 aromatic heterocycles. The molecule has 19 heavy (non-hydrogen) atoms. The quantitative estimate of drug-likeness (QED) is 0.901. The molecule has 1 N–H and O–H groups in total. The zero-order valence-electron chi connectivity index (χ0n) is 11.4. The van der Waals surface area contributed by atoms with Gasteiger partial charge in [0.15, 0.2) is 18.2 Å². The largest absolute Gasteiger partial charge is 0.480 e. The minimum absolute atomic E-state index is 0.0979. The second kappa shape index (κ2) is 5.13.